The van der Waals surface area contributed by atoms with Crippen molar-refractivity contribution in [2.75, 3.05) is 11.9 Å². The van der Waals surface area contributed by atoms with Crippen LogP contribution in [0, 0.1) is 5.92 Å². The zero-order chi connectivity index (χ0) is 21.6. The van der Waals surface area contributed by atoms with Gasteiger partial charge in [-0.15, -0.1) is 0 Å². The van der Waals surface area contributed by atoms with Crippen LogP contribution in [0.3, 0.4) is 0 Å². The first-order valence-electron chi connectivity index (χ1n) is 8.56. The van der Waals surface area contributed by atoms with Gasteiger partial charge in [0, 0.05) is 5.69 Å². The van der Waals surface area contributed by atoms with E-state index in [-0.39, 0.29) is 17.4 Å². The molecule has 2 N–H and O–H groups in total. The molecule has 1 aromatic carbocycles. The van der Waals surface area contributed by atoms with E-state index in [9.17, 15) is 27.6 Å². The molecule has 1 aromatic heterocycles. The highest BCUT2D eigenvalue weighted by molar-refractivity contribution is 5.96. The molecule has 0 aliphatic rings. The lowest BCUT2D eigenvalue weighted by Gasteiger charge is -2.20. The van der Waals surface area contributed by atoms with Crippen molar-refractivity contribution in [1.82, 2.24) is 5.32 Å². The number of rotatable bonds is 7. The number of carbonyl (C=O) groups excluding carboxylic acids is 3. The molecule has 0 fully saturated rings. The molecular weight excluding hydrogens is 393 g/mol. The summed E-state index contributed by atoms with van der Waals surface area (Å²) in [5.41, 5.74) is -0.736. The molecule has 0 bridgehead atoms. The van der Waals surface area contributed by atoms with E-state index in [1.165, 1.54) is 18.4 Å². The second kappa shape index (κ2) is 9.26. The molecule has 2 amide bonds. The second-order valence-electron chi connectivity index (χ2n) is 6.40. The van der Waals surface area contributed by atoms with Crippen LogP contribution >= 0.6 is 0 Å². The van der Waals surface area contributed by atoms with E-state index in [0.29, 0.717) is 0 Å². The minimum absolute atomic E-state index is 0.0171. The summed E-state index contributed by atoms with van der Waals surface area (Å²) in [4.78, 5) is 36.1. The Bertz CT molecular complexity index is 846. The first kappa shape index (κ1) is 22.0. The predicted octanol–water partition coefficient (Wildman–Crippen LogP) is 3.23. The first-order chi connectivity index (χ1) is 13.6. The summed E-state index contributed by atoms with van der Waals surface area (Å²) < 4.78 is 47.5. The Morgan fingerprint density at radius 2 is 1.76 bits per heavy atom. The van der Waals surface area contributed by atoms with Gasteiger partial charge in [-0.1, -0.05) is 13.8 Å². The van der Waals surface area contributed by atoms with E-state index in [1.54, 1.807) is 13.8 Å². The Labute approximate surface area is 164 Å². The normalized spacial score (nSPS) is 12.3. The molecule has 0 saturated heterocycles. The van der Waals surface area contributed by atoms with Gasteiger partial charge >= 0.3 is 12.1 Å². The molecule has 0 aliphatic carbocycles. The fourth-order valence-electron chi connectivity index (χ4n) is 2.28. The number of alkyl halides is 3. The van der Waals surface area contributed by atoms with Crippen LogP contribution in [0.2, 0.25) is 0 Å². The second-order valence-corrected chi connectivity index (χ2v) is 6.40. The van der Waals surface area contributed by atoms with E-state index in [4.69, 9.17) is 9.15 Å². The maximum absolute atomic E-state index is 12.5. The van der Waals surface area contributed by atoms with Crippen LogP contribution in [0.25, 0.3) is 0 Å². The summed E-state index contributed by atoms with van der Waals surface area (Å²) in [7, 11) is 0. The summed E-state index contributed by atoms with van der Waals surface area (Å²) in [6.45, 7) is 2.69. The minimum atomic E-state index is -4.48. The van der Waals surface area contributed by atoms with Crippen molar-refractivity contribution in [3.8, 4) is 0 Å². The van der Waals surface area contributed by atoms with Gasteiger partial charge in [-0.3, -0.25) is 9.59 Å². The molecule has 0 saturated carbocycles. The largest absolute Gasteiger partial charge is 0.459 e. The Kier molecular flexibility index (Phi) is 7.03. The third-order valence-corrected chi connectivity index (χ3v) is 3.79. The lowest BCUT2D eigenvalue weighted by molar-refractivity contribution is -0.150. The van der Waals surface area contributed by atoms with E-state index in [2.05, 4.69) is 10.6 Å². The molecule has 29 heavy (non-hydrogen) atoms. The van der Waals surface area contributed by atoms with Gasteiger partial charge in [0.05, 0.1) is 11.8 Å². The Morgan fingerprint density at radius 1 is 1.10 bits per heavy atom. The highest BCUT2D eigenvalue weighted by Crippen LogP contribution is 2.29. The van der Waals surface area contributed by atoms with Crippen molar-refractivity contribution in [3.05, 3.63) is 54.0 Å². The molecule has 0 radical (unpaired) electrons. The highest BCUT2D eigenvalue weighted by atomic mass is 19.4. The lowest BCUT2D eigenvalue weighted by atomic mass is 10.0. The van der Waals surface area contributed by atoms with E-state index >= 15 is 0 Å². The van der Waals surface area contributed by atoms with Crippen LogP contribution in [0.15, 0.2) is 47.1 Å². The average Bonchev–Trinajstić information content (AvgIpc) is 3.18. The van der Waals surface area contributed by atoms with Crippen LogP contribution in [0.4, 0.5) is 18.9 Å². The lowest BCUT2D eigenvalue weighted by Crippen LogP contribution is -2.45. The van der Waals surface area contributed by atoms with Crippen LogP contribution in [-0.2, 0) is 20.5 Å². The van der Waals surface area contributed by atoms with Crippen molar-refractivity contribution in [3.63, 3.8) is 0 Å². The van der Waals surface area contributed by atoms with Crippen molar-refractivity contribution < 1.29 is 36.7 Å². The number of halogens is 3. The van der Waals surface area contributed by atoms with Crippen molar-refractivity contribution in [1.29, 1.82) is 0 Å². The number of esters is 1. The highest BCUT2D eigenvalue weighted by Gasteiger charge is 2.30. The Hall–Kier alpha value is -3.30. The summed E-state index contributed by atoms with van der Waals surface area (Å²) in [5, 5.41) is 4.79. The number of furan rings is 1. The molecule has 156 valence electrons. The molecule has 1 atom stereocenters. The minimum Gasteiger partial charge on any atom is -0.459 e. The molecule has 0 aliphatic heterocycles. The van der Waals surface area contributed by atoms with Crippen LogP contribution in [-0.4, -0.2) is 30.4 Å². The van der Waals surface area contributed by atoms with Crippen LogP contribution in [0.1, 0.15) is 30.0 Å². The zero-order valence-electron chi connectivity index (χ0n) is 15.6. The molecule has 0 spiro atoms. The van der Waals surface area contributed by atoms with Gasteiger partial charge in [0.15, 0.2) is 12.4 Å². The summed E-state index contributed by atoms with van der Waals surface area (Å²) in [6.07, 6.45) is -3.17. The van der Waals surface area contributed by atoms with Gasteiger partial charge in [-0.25, -0.2) is 4.79 Å². The van der Waals surface area contributed by atoms with Crippen molar-refractivity contribution >= 4 is 23.5 Å². The molecule has 0 unspecified atom stereocenters. The summed E-state index contributed by atoms with van der Waals surface area (Å²) in [6, 6.07) is 5.73. The standard InChI is InChI=1S/C19H19F3N2O5/c1-11(2)16(24-17(26)14-4-3-9-28-14)18(27)29-10-15(25)23-13-7-5-12(6-8-13)19(20,21)22/h3-9,11,16H,10H2,1-2H3,(H,23,25)(H,24,26)/t16-/m0/s1. The smallest absolute Gasteiger partial charge is 0.416 e. The van der Waals surface area contributed by atoms with Gasteiger partial charge in [0.2, 0.25) is 0 Å². The number of amides is 2. The van der Waals surface area contributed by atoms with Crippen LogP contribution in [0.5, 0.6) is 0 Å². The fourth-order valence-corrected chi connectivity index (χ4v) is 2.28. The maximum Gasteiger partial charge on any atom is 0.416 e. The van der Waals surface area contributed by atoms with Crippen LogP contribution < -0.4 is 10.6 Å². The topological polar surface area (TPSA) is 97.6 Å². The Morgan fingerprint density at radius 3 is 2.28 bits per heavy atom. The summed E-state index contributed by atoms with van der Waals surface area (Å²) >= 11 is 0. The van der Waals surface area contributed by atoms with E-state index in [0.717, 1.165) is 24.3 Å². The zero-order valence-corrected chi connectivity index (χ0v) is 15.6. The summed E-state index contributed by atoms with van der Waals surface area (Å²) in [5.74, 6) is -2.50. The van der Waals surface area contributed by atoms with Gasteiger partial charge in [-0.05, 0) is 42.3 Å². The average molecular weight is 412 g/mol. The molecule has 7 nitrogen and oxygen atoms in total. The first-order valence-corrected chi connectivity index (χ1v) is 8.56. The van der Waals surface area contributed by atoms with Gasteiger partial charge < -0.3 is 19.8 Å². The third-order valence-electron chi connectivity index (χ3n) is 3.79. The van der Waals surface area contributed by atoms with E-state index < -0.39 is 42.2 Å². The number of hydrogen-bond donors (Lipinski definition) is 2. The maximum atomic E-state index is 12.5. The number of carbonyl (C=O) groups is 3. The molecule has 2 aromatic rings. The number of hydrogen-bond acceptors (Lipinski definition) is 5. The molecule has 1 heterocycles. The van der Waals surface area contributed by atoms with Gasteiger partial charge in [0.1, 0.15) is 6.04 Å². The third kappa shape index (κ3) is 6.37. The molecule has 2 rings (SSSR count). The predicted molar refractivity (Wildman–Crippen MR) is 95.8 cm³/mol. The van der Waals surface area contributed by atoms with Crippen molar-refractivity contribution in [2.45, 2.75) is 26.1 Å². The quantitative estimate of drug-likeness (QED) is 0.681. The number of anilines is 1. The number of ether oxygens (including phenoxy) is 1. The molecular formula is C19H19F3N2O5. The van der Waals surface area contributed by atoms with Gasteiger partial charge in [0.25, 0.3) is 11.8 Å². The fraction of sp³-hybridized carbons (Fsp3) is 0.316. The monoisotopic (exact) mass is 412 g/mol. The molecule has 10 heteroatoms. The number of nitrogens with one attached hydrogen (secondary N) is 2. The Balaban J connectivity index is 1.88. The SMILES string of the molecule is CC(C)[C@H](NC(=O)c1ccco1)C(=O)OCC(=O)Nc1ccc(C(F)(F)F)cc1. The van der Waals surface area contributed by atoms with Gasteiger partial charge in [-0.2, -0.15) is 13.2 Å². The van der Waals surface area contributed by atoms with Crippen molar-refractivity contribution in [2.24, 2.45) is 5.92 Å². The number of benzene rings is 1. The van der Waals surface area contributed by atoms with E-state index in [1.807, 2.05) is 0 Å².